The van der Waals surface area contributed by atoms with Crippen LogP contribution in [0.4, 0.5) is 17.1 Å². The number of para-hydroxylation sites is 1. The van der Waals surface area contributed by atoms with Gasteiger partial charge in [0.05, 0.1) is 0 Å². The zero-order valence-corrected chi connectivity index (χ0v) is 24.0. The van der Waals surface area contributed by atoms with Crippen LogP contribution in [0.5, 0.6) is 0 Å². The summed E-state index contributed by atoms with van der Waals surface area (Å²) in [7, 11) is 0. The first-order chi connectivity index (χ1) is 21.3. The third kappa shape index (κ3) is 4.01. The van der Waals surface area contributed by atoms with Crippen LogP contribution in [0.15, 0.2) is 156 Å². The molecule has 0 saturated carbocycles. The summed E-state index contributed by atoms with van der Waals surface area (Å²) in [5.74, 6) is 0. The molecule has 2 nitrogen and oxygen atoms in total. The van der Waals surface area contributed by atoms with E-state index in [1.807, 2.05) is 23.5 Å². The van der Waals surface area contributed by atoms with Crippen molar-refractivity contribution < 1.29 is 4.42 Å². The minimum Gasteiger partial charge on any atom is -0.456 e. The number of rotatable bonds is 4. The van der Waals surface area contributed by atoms with Gasteiger partial charge in [0.15, 0.2) is 0 Å². The van der Waals surface area contributed by atoms with Crippen LogP contribution in [-0.4, -0.2) is 0 Å². The van der Waals surface area contributed by atoms with E-state index in [4.69, 9.17) is 4.42 Å². The van der Waals surface area contributed by atoms with E-state index in [0.29, 0.717) is 0 Å². The first-order valence-electron chi connectivity index (χ1n) is 14.5. The molecule has 202 valence electrons. The molecule has 0 radical (unpaired) electrons. The van der Waals surface area contributed by atoms with Gasteiger partial charge in [0, 0.05) is 48.0 Å². The third-order valence-corrected chi connectivity index (χ3v) is 9.56. The summed E-state index contributed by atoms with van der Waals surface area (Å²) in [5.41, 5.74) is 7.61. The van der Waals surface area contributed by atoms with Gasteiger partial charge in [-0.1, -0.05) is 91.0 Å². The van der Waals surface area contributed by atoms with Gasteiger partial charge >= 0.3 is 0 Å². The number of anilines is 3. The molecular weight excluding hydrogens is 543 g/mol. The van der Waals surface area contributed by atoms with Gasteiger partial charge in [-0.25, -0.2) is 0 Å². The van der Waals surface area contributed by atoms with Crippen LogP contribution in [-0.2, 0) is 0 Å². The minimum atomic E-state index is 0.913. The van der Waals surface area contributed by atoms with Gasteiger partial charge in [-0.15, -0.1) is 11.3 Å². The zero-order valence-electron chi connectivity index (χ0n) is 23.2. The highest BCUT2D eigenvalue weighted by Crippen LogP contribution is 2.42. The minimum absolute atomic E-state index is 0.913. The molecule has 7 aromatic carbocycles. The zero-order chi connectivity index (χ0) is 28.3. The molecular formula is C40H25NOS. The Morgan fingerprint density at radius 3 is 1.95 bits per heavy atom. The highest BCUT2D eigenvalue weighted by molar-refractivity contribution is 7.25. The predicted molar refractivity (Wildman–Crippen MR) is 184 cm³/mol. The summed E-state index contributed by atoms with van der Waals surface area (Å²) >= 11 is 1.85. The van der Waals surface area contributed by atoms with Gasteiger partial charge in [0.2, 0.25) is 0 Å². The SMILES string of the molecule is c1ccc(-c2ccc(N(c3ccc4cc5c(cc4c3)oc3ccccc35)c3ccc4c(c3)sc3ccccc34)cc2)cc1. The molecule has 9 aromatic rings. The summed E-state index contributed by atoms with van der Waals surface area (Å²) in [6, 6.07) is 54.4. The predicted octanol–water partition coefficient (Wildman–Crippen LogP) is 12.2. The van der Waals surface area contributed by atoms with E-state index in [9.17, 15) is 0 Å². The number of thiophene rings is 1. The topological polar surface area (TPSA) is 16.4 Å². The van der Waals surface area contributed by atoms with E-state index in [2.05, 4.69) is 144 Å². The Morgan fingerprint density at radius 1 is 0.395 bits per heavy atom. The maximum absolute atomic E-state index is 6.25. The van der Waals surface area contributed by atoms with Crippen molar-refractivity contribution in [3.05, 3.63) is 152 Å². The first-order valence-corrected chi connectivity index (χ1v) is 15.3. The van der Waals surface area contributed by atoms with Gasteiger partial charge in [-0.3, -0.25) is 0 Å². The fourth-order valence-corrected chi connectivity index (χ4v) is 7.47. The van der Waals surface area contributed by atoms with Crippen LogP contribution in [0.3, 0.4) is 0 Å². The van der Waals surface area contributed by atoms with Gasteiger partial charge < -0.3 is 9.32 Å². The van der Waals surface area contributed by atoms with Crippen LogP contribution >= 0.6 is 11.3 Å². The van der Waals surface area contributed by atoms with E-state index in [1.165, 1.54) is 36.7 Å². The van der Waals surface area contributed by atoms with Crippen molar-refractivity contribution in [2.45, 2.75) is 0 Å². The van der Waals surface area contributed by atoms with Crippen molar-refractivity contribution in [2.75, 3.05) is 4.90 Å². The lowest BCUT2D eigenvalue weighted by Crippen LogP contribution is -2.09. The average molecular weight is 568 g/mol. The quantitative estimate of drug-likeness (QED) is 0.210. The molecule has 0 aliphatic heterocycles. The third-order valence-electron chi connectivity index (χ3n) is 8.43. The number of hydrogen-bond acceptors (Lipinski definition) is 3. The van der Waals surface area contributed by atoms with Crippen LogP contribution in [0.25, 0.3) is 64.0 Å². The van der Waals surface area contributed by atoms with Crippen LogP contribution in [0, 0.1) is 0 Å². The fourth-order valence-electron chi connectivity index (χ4n) is 6.33. The summed E-state index contributed by atoms with van der Waals surface area (Å²) in [5, 5.41) is 7.27. The molecule has 0 N–H and O–H groups in total. The largest absolute Gasteiger partial charge is 0.456 e. The maximum Gasteiger partial charge on any atom is 0.136 e. The molecule has 0 bridgehead atoms. The summed E-state index contributed by atoms with van der Waals surface area (Å²) in [4.78, 5) is 2.36. The molecule has 2 aromatic heterocycles. The van der Waals surface area contributed by atoms with Gasteiger partial charge in [-0.05, 0) is 82.6 Å². The molecule has 43 heavy (non-hydrogen) atoms. The van der Waals surface area contributed by atoms with Crippen molar-refractivity contribution in [1.29, 1.82) is 0 Å². The molecule has 0 aliphatic carbocycles. The lowest BCUT2D eigenvalue weighted by molar-refractivity contribution is 0.669. The van der Waals surface area contributed by atoms with E-state index in [1.54, 1.807) is 0 Å². The molecule has 0 spiro atoms. The molecule has 0 unspecified atom stereocenters. The number of benzene rings is 7. The Morgan fingerprint density at radius 2 is 1.07 bits per heavy atom. The van der Waals surface area contributed by atoms with Crippen molar-refractivity contribution >= 4 is 81.3 Å². The molecule has 0 aliphatic rings. The monoisotopic (exact) mass is 567 g/mol. The molecule has 0 amide bonds. The molecule has 3 heteroatoms. The molecule has 2 heterocycles. The lowest BCUT2D eigenvalue weighted by atomic mass is 10.0. The number of nitrogens with zero attached hydrogens (tertiary/aromatic N) is 1. The van der Waals surface area contributed by atoms with E-state index in [0.717, 1.165) is 44.4 Å². The molecule has 9 rings (SSSR count). The maximum atomic E-state index is 6.25. The molecule has 0 fully saturated rings. The Kier molecular flexibility index (Phi) is 5.40. The Hall–Kier alpha value is -5.38. The Balaban J connectivity index is 1.22. The highest BCUT2D eigenvalue weighted by atomic mass is 32.1. The highest BCUT2D eigenvalue weighted by Gasteiger charge is 2.16. The standard InChI is InChI=1S/C40H25NOS/c1-2-8-26(9-3-1)27-14-17-30(18-15-27)41(32-20-21-35-34-11-5-7-13-39(34)43-40(35)25-32)31-19-16-28-23-36-33-10-4-6-12-37(33)42-38(36)24-29(28)22-31/h1-25H. The van der Waals surface area contributed by atoms with E-state index >= 15 is 0 Å². The number of fused-ring (bicyclic) bond motifs is 7. The number of furan rings is 1. The fraction of sp³-hybridized carbons (Fsp3) is 0. The average Bonchev–Trinajstić information content (AvgIpc) is 3.62. The van der Waals surface area contributed by atoms with Gasteiger partial charge in [0.1, 0.15) is 11.2 Å². The number of hydrogen-bond donors (Lipinski definition) is 0. The van der Waals surface area contributed by atoms with Crippen molar-refractivity contribution in [1.82, 2.24) is 0 Å². The summed E-state index contributed by atoms with van der Waals surface area (Å²) < 4.78 is 8.85. The normalized spacial score (nSPS) is 11.7. The molecule has 0 atom stereocenters. The van der Waals surface area contributed by atoms with Crippen molar-refractivity contribution in [2.24, 2.45) is 0 Å². The van der Waals surface area contributed by atoms with Crippen molar-refractivity contribution in [3.8, 4) is 11.1 Å². The van der Waals surface area contributed by atoms with E-state index in [-0.39, 0.29) is 0 Å². The van der Waals surface area contributed by atoms with Gasteiger partial charge in [0.25, 0.3) is 0 Å². The first kappa shape index (κ1) is 24.2. The second-order valence-corrected chi connectivity index (χ2v) is 12.1. The van der Waals surface area contributed by atoms with E-state index < -0.39 is 0 Å². The van der Waals surface area contributed by atoms with Crippen molar-refractivity contribution in [3.63, 3.8) is 0 Å². The van der Waals surface area contributed by atoms with Gasteiger partial charge in [-0.2, -0.15) is 0 Å². The summed E-state index contributed by atoms with van der Waals surface area (Å²) in [6.45, 7) is 0. The second kappa shape index (κ2) is 9.59. The Labute approximate surface area is 252 Å². The molecule has 0 saturated heterocycles. The second-order valence-electron chi connectivity index (χ2n) is 11.0. The Bertz CT molecular complexity index is 2450. The summed E-state index contributed by atoms with van der Waals surface area (Å²) in [6.07, 6.45) is 0. The van der Waals surface area contributed by atoms with Crippen LogP contribution in [0.2, 0.25) is 0 Å². The lowest BCUT2D eigenvalue weighted by Gasteiger charge is -2.26. The smallest absolute Gasteiger partial charge is 0.136 e. The van der Waals surface area contributed by atoms with Crippen LogP contribution < -0.4 is 4.90 Å². The van der Waals surface area contributed by atoms with Crippen LogP contribution in [0.1, 0.15) is 0 Å².